The second-order valence-corrected chi connectivity index (χ2v) is 7.77. The number of ether oxygens (including phenoxy) is 2. The van der Waals surface area contributed by atoms with Crippen molar-refractivity contribution in [3.63, 3.8) is 0 Å². The van der Waals surface area contributed by atoms with Crippen LogP contribution in [-0.4, -0.2) is 55.3 Å². The summed E-state index contributed by atoms with van der Waals surface area (Å²) in [6, 6.07) is 8.93. The molecule has 1 aromatic carbocycles. The molecule has 1 aromatic rings. The van der Waals surface area contributed by atoms with Gasteiger partial charge in [0.15, 0.2) is 5.60 Å². The molecule has 0 aromatic heterocycles. The number of hydrogen-bond acceptors (Lipinski definition) is 6. The van der Waals surface area contributed by atoms with Gasteiger partial charge in [0.2, 0.25) is 6.10 Å². The Labute approximate surface area is 177 Å². The standard InChI is InChI=1S/C21H29NO5.BrH/c1-22-13-12-15(14-22)18(19(23)26-2)27-20(24)21(25,17-10-6-7-11-17)16-8-4-3-5-9-16;/h3-5,8-9,15,17-18,25H,6-7,10-14H2,1-2H3;1H. The van der Waals surface area contributed by atoms with Crippen LogP contribution in [0.5, 0.6) is 0 Å². The second kappa shape index (κ2) is 9.85. The van der Waals surface area contributed by atoms with Crippen molar-refractivity contribution in [1.82, 2.24) is 4.90 Å². The Balaban J connectivity index is 0.00000280. The van der Waals surface area contributed by atoms with Crippen LogP contribution in [0.4, 0.5) is 0 Å². The van der Waals surface area contributed by atoms with Gasteiger partial charge in [-0.2, -0.15) is 0 Å². The highest BCUT2D eigenvalue weighted by Crippen LogP contribution is 2.42. The van der Waals surface area contributed by atoms with E-state index in [0.717, 1.165) is 38.6 Å². The van der Waals surface area contributed by atoms with Gasteiger partial charge in [-0.3, -0.25) is 0 Å². The second-order valence-electron chi connectivity index (χ2n) is 7.77. The van der Waals surface area contributed by atoms with Crippen molar-refractivity contribution in [3.05, 3.63) is 35.9 Å². The van der Waals surface area contributed by atoms with Crippen molar-refractivity contribution >= 4 is 28.9 Å². The molecular weight excluding hydrogens is 426 g/mol. The van der Waals surface area contributed by atoms with Gasteiger partial charge < -0.3 is 19.5 Å². The number of esters is 2. The highest BCUT2D eigenvalue weighted by molar-refractivity contribution is 8.93. The summed E-state index contributed by atoms with van der Waals surface area (Å²) in [5.41, 5.74) is -1.22. The highest BCUT2D eigenvalue weighted by Gasteiger charge is 2.50. The van der Waals surface area contributed by atoms with Gasteiger partial charge in [-0.15, -0.1) is 17.0 Å². The molecule has 0 radical (unpaired) electrons. The van der Waals surface area contributed by atoms with E-state index in [1.807, 2.05) is 13.1 Å². The van der Waals surface area contributed by atoms with Crippen LogP contribution >= 0.6 is 17.0 Å². The molecule has 1 saturated carbocycles. The van der Waals surface area contributed by atoms with Crippen LogP contribution in [-0.2, 0) is 24.7 Å². The first kappa shape index (κ1) is 22.8. The maximum atomic E-state index is 13.2. The topological polar surface area (TPSA) is 76.1 Å². The molecule has 1 aliphatic carbocycles. The summed E-state index contributed by atoms with van der Waals surface area (Å²) < 4.78 is 10.6. The van der Waals surface area contributed by atoms with E-state index in [2.05, 4.69) is 4.90 Å². The number of halogens is 1. The van der Waals surface area contributed by atoms with Gasteiger partial charge in [0.1, 0.15) is 0 Å². The summed E-state index contributed by atoms with van der Waals surface area (Å²) in [6.07, 6.45) is 3.22. The van der Waals surface area contributed by atoms with Crippen molar-refractivity contribution in [1.29, 1.82) is 0 Å². The minimum atomic E-state index is -1.74. The van der Waals surface area contributed by atoms with Crippen molar-refractivity contribution in [2.45, 2.75) is 43.8 Å². The van der Waals surface area contributed by atoms with Gasteiger partial charge in [0, 0.05) is 18.4 Å². The van der Waals surface area contributed by atoms with Crippen molar-refractivity contribution in [2.24, 2.45) is 11.8 Å². The van der Waals surface area contributed by atoms with Gasteiger partial charge in [0.05, 0.1) is 7.11 Å². The highest BCUT2D eigenvalue weighted by atomic mass is 79.9. The van der Waals surface area contributed by atoms with E-state index >= 15 is 0 Å². The molecule has 7 heteroatoms. The van der Waals surface area contributed by atoms with Gasteiger partial charge in [-0.05, 0) is 38.4 Å². The number of nitrogens with zero attached hydrogens (tertiary/aromatic N) is 1. The smallest absolute Gasteiger partial charge is 0.347 e. The van der Waals surface area contributed by atoms with Crippen molar-refractivity contribution in [3.8, 4) is 0 Å². The zero-order valence-electron chi connectivity index (χ0n) is 16.5. The average molecular weight is 456 g/mol. The van der Waals surface area contributed by atoms with E-state index in [4.69, 9.17) is 9.47 Å². The van der Waals surface area contributed by atoms with Crippen molar-refractivity contribution < 1.29 is 24.2 Å². The first-order chi connectivity index (χ1) is 13.0. The first-order valence-electron chi connectivity index (χ1n) is 9.72. The van der Waals surface area contributed by atoms with Gasteiger partial charge in [-0.1, -0.05) is 43.2 Å². The summed E-state index contributed by atoms with van der Waals surface area (Å²) in [6.45, 7) is 1.49. The first-order valence-corrected chi connectivity index (χ1v) is 9.72. The molecule has 1 N–H and O–H groups in total. The molecular formula is C21H30BrNO5. The van der Waals surface area contributed by atoms with Crippen LogP contribution in [0.25, 0.3) is 0 Å². The van der Waals surface area contributed by atoms with E-state index in [1.54, 1.807) is 24.3 Å². The molecule has 1 aliphatic heterocycles. The number of carbonyl (C=O) groups is 2. The summed E-state index contributed by atoms with van der Waals surface area (Å²) >= 11 is 0. The summed E-state index contributed by atoms with van der Waals surface area (Å²) in [5.74, 6) is -1.65. The number of rotatable bonds is 6. The van der Waals surface area contributed by atoms with Gasteiger partial charge in [-0.25, -0.2) is 9.59 Å². The number of methoxy groups -OCH3 is 1. The predicted molar refractivity (Wildman–Crippen MR) is 110 cm³/mol. The number of carbonyl (C=O) groups excluding carboxylic acids is 2. The lowest BCUT2D eigenvalue weighted by molar-refractivity contribution is -0.189. The van der Waals surface area contributed by atoms with Crippen LogP contribution in [0, 0.1) is 11.8 Å². The van der Waals surface area contributed by atoms with Crippen LogP contribution in [0.3, 0.4) is 0 Å². The number of aliphatic hydroxyl groups is 1. The Hall–Kier alpha value is -1.44. The summed E-state index contributed by atoms with van der Waals surface area (Å²) in [7, 11) is 3.26. The SMILES string of the molecule is Br.COC(=O)C(OC(=O)C(O)(c1ccccc1)C1CCCC1)C1CCN(C)C1. The fraction of sp³-hybridized carbons (Fsp3) is 0.619. The number of hydrogen-bond donors (Lipinski definition) is 1. The molecule has 1 saturated heterocycles. The van der Waals surface area contributed by atoms with E-state index in [1.165, 1.54) is 7.11 Å². The van der Waals surface area contributed by atoms with E-state index in [-0.39, 0.29) is 28.8 Å². The minimum Gasteiger partial charge on any atom is -0.466 e. The molecule has 0 amide bonds. The molecule has 6 nitrogen and oxygen atoms in total. The Morgan fingerprint density at radius 2 is 1.82 bits per heavy atom. The van der Waals surface area contributed by atoms with Gasteiger partial charge >= 0.3 is 11.9 Å². The molecule has 3 unspecified atom stereocenters. The summed E-state index contributed by atoms with van der Waals surface area (Å²) in [4.78, 5) is 27.6. The zero-order valence-corrected chi connectivity index (χ0v) is 18.2. The van der Waals surface area contributed by atoms with Crippen LogP contribution in [0.1, 0.15) is 37.7 Å². The molecule has 28 heavy (non-hydrogen) atoms. The third kappa shape index (κ3) is 4.58. The Bertz CT molecular complexity index is 664. The number of likely N-dealkylation sites (tertiary alicyclic amines) is 1. The molecule has 2 fully saturated rings. The third-order valence-corrected chi connectivity index (χ3v) is 5.99. The average Bonchev–Trinajstić information content (AvgIpc) is 3.37. The third-order valence-electron chi connectivity index (χ3n) is 5.99. The largest absolute Gasteiger partial charge is 0.466 e. The molecule has 156 valence electrons. The molecule has 3 rings (SSSR count). The molecule has 2 aliphatic rings. The Morgan fingerprint density at radius 1 is 1.18 bits per heavy atom. The van der Waals surface area contributed by atoms with Gasteiger partial charge in [0.25, 0.3) is 0 Å². The molecule has 0 bridgehead atoms. The van der Waals surface area contributed by atoms with Crippen LogP contribution in [0.2, 0.25) is 0 Å². The lowest BCUT2D eigenvalue weighted by Gasteiger charge is -2.34. The minimum absolute atomic E-state index is 0. The monoisotopic (exact) mass is 455 g/mol. The fourth-order valence-corrected chi connectivity index (χ4v) is 4.43. The summed E-state index contributed by atoms with van der Waals surface area (Å²) in [5, 5.41) is 11.5. The van der Waals surface area contributed by atoms with E-state index < -0.39 is 23.6 Å². The zero-order chi connectivity index (χ0) is 19.4. The molecule has 3 atom stereocenters. The van der Waals surface area contributed by atoms with Crippen molar-refractivity contribution in [2.75, 3.05) is 27.2 Å². The van der Waals surface area contributed by atoms with E-state index in [9.17, 15) is 14.7 Å². The lowest BCUT2D eigenvalue weighted by Crippen LogP contribution is -2.47. The molecule has 0 spiro atoms. The van der Waals surface area contributed by atoms with E-state index in [0.29, 0.717) is 12.1 Å². The predicted octanol–water partition coefficient (Wildman–Crippen LogP) is 2.68. The Morgan fingerprint density at radius 3 is 2.36 bits per heavy atom. The Kier molecular flexibility index (Phi) is 8.04. The fourth-order valence-electron chi connectivity index (χ4n) is 4.43. The molecule has 1 heterocycles. The quantitative estimate of drug-likeness (QED) is 0.664. The normalized spacial score (nSPS) is 23.5. The maximum Gasteiger partial charge on any atom is 0.347 e. The maximum absolute atomic E-state index is 13.2. The van der Waals surface area contributed by atoms with Crippen LogP contribution < -0.4 is 0 Å². The van der Waals surface area contributed by atoms with Crippen LogP contribution in [0.15, 0.2) is 30.3 Å². The lowest BCUT2D eigenvalue weighted by atomic mass is 9.80. The number of benzene rings is 1.